The minimum Gasteiger partial charge on any atom is -0.351 e. The topological polar surface area (TPSA) is 87.5 Å². The Kier molecular flexibility index (Phi) is 6.39. The molecule has 33 heavy (non-hydrogen) atoms. The Balaban J connectivity index is 1.32. The van der Waals surface area contributed by atoms with Crippen LogP contribution in [0.15, 0.2) is 30.3 Å². The minimum absolute atomic E-state index is 0.131. The predicted octanol–water partition coefficient (Wildman–Crippen LogP) is 2.30. The molecule has 1 N–H and O–H groups in total. The molecule has 8 nitrogen and oxygen atoms in total. The second-order valence-electron chi connectivity index (χ2n) is 8.15. The first kappa shape index (κ1) is 22.8. The van der Waals surface area contributed by atoms with Crippen molar-refractivity contribution >= 4 is 17.7 Å². The molecule has 1 saturated heterocycles. The molecule has 2 aliphatic rings. The molecule has 0 radical (unpaired) electrons. The Morgan fingerprint density at radius 3 is 2.48 bits per heavy atom. The summed E-state index contributed by atoms with van der Waals surface area (Å²) in [6, 6.07) is 6.14. The van der Waals surface area contributed by atoms with E-state index < -0.39 is 17.6 Å². The van der Waals surface area contributed by atoms with Crippen LogP contribution in [0.5, 0.6) is 0 Å². The van der Waals surface area contributed by atoms with E-state index in [1.807, 2.05) is 0 Å². The number of nitrogens with zero attached hydrogens (tertiary/aromatic N) is 4. The lowest BCUT2D eigenvalue weighted by molar-refractivity contribution is -0.137. The van der Waals surface area contributed by atoms with Crippen molar-refractivity contribution in [3.05, 3.63) is 52.8 Å². The van der Waals surface area contributed by atoms with E-state index in [1.165, 1.54) is 27.8 Å². The zero-order valence-corrected chi connectivity index (χ0v) is 17.9. The lowest BCUT2D eigenvalue weighted by Gasteiger charge is -2.27. The van der Waals surface area contributed by atoms with Gasteiger partial charge in [-0.2, -0.15) is 18.3 Å². The maximum atomic E-state index is 12.8. The van der Waals surface area contributed by atoms with Crippen LogP contribution < -0.4 is 5.32 Å². The number of aromatic nitrogens is 2. The van der Waals surface area contributed by atoms with Crippen molar-refractivity contribution in [2.75, 3.05) is 26.2 Å². The van der Waals surface area contributed by atoms with Crippen LogP contribution >= 0.6 is 0 Å². The Morgan fingerprint density at radius 2 is 1.82 bits per heavy atom. The summed E-state index contributed by atoms with van der Waals surface area (Å²) in [6.07, 6.45) is -2.33. The minimum atomic E-state index is -4.41. The van der Waals surface area contributed by atoms with Crippen molar-refractivity contribution in [3.63, 3.8) is 0 Å². The highest BCUT2D eigenvalue weighted by Crippen LogP contribution is 2.29. The van der Waals surface area contributed by atoms with Crippen LogP contribution in [0.4, 0.5) is 13.2 Å². The van der Waals surface area contributed by atoms with Gasteiger partial charge in [0.1, 0.15) is 5.69 Å². The number of hydrogen-bond donors (Lipinski definition) is 1. The summed E-state index contributed by atoms with van der Waals surface area (Å²) in [5, 5.41) is 6.98. The predicted molar refractivity (Wildman–Crippen MR) is 111 cm³/mol. The van der Waals surface area contributed by atoms with Crippen molar-refractivity contribution in [1.29, 1.82) is 0 Å². The number of hydrogen-bond acceptors (Lipinski definition) is 4. The molecule has 2 aromatic rings. The molecule has 0 unspecified atom stereocenters. The Morgan fingerprint density at radius 1 is 1.06 bits per heavy atom. The second-order valence-corrected chi connectivity index (χ2v) is 8.15. The Bertz CT molecular complexity index is 1050. The van der Waals surface area contributed by atoms with Crippen molar-refractivity contribution in [2.24, 2.45) is 0 Å². The zero-order valence-electron chi connectivity index (χ0n) is 17.9. The molecule has 0 spiro atoms. The molecule has 0 bridgehead atoms. The van der Waals surface area contributed by atoms with E-state index in [-0.39, 0.29) is 29.7 Å². The van der Waals surface area contributed by atoms with Gasteiger partial charge in [-0.1, -0.05) is 12.1 Å². The molecule has 0 saturated carbocycles. The van der Waals surface area contributed by atoms with Crippen LogP contribution in [-0.2, 0) is 24.1 Å². The highest BCUT2D eigenvalue weighted by Gasteiger charge is 2.31. The zero-order chi connectivity index (χ0) is 23.6. The normalized spacial score (nSPS) is 16.3. The van der Waals surface area contributed by atoms with Gasteiger partial charge in [0.05, 0.1) is 12.1 Å². The first-order valence-electron chi connectivity index (χ1n) is 10.8. The van der Waals surface area contributed by atoms with E-state index in [9.17, 15) is 27.6 Å². The Hall–Kier alpha value is -3.37. The standard InChI is InChI=1S/C22H24F3N5O3/c23-22(24,25)16-6-4-15(5-7-16)14-29-11-12-30-18(21(29)33)13-17(27-30)20(32)26-8-2-10-28-9-1-3-19(28)31/h4-7,13H,1-3,8-12,14H2,(H,26,32). The third kappa shape index (κ3) is 5.18. The number of likely N-dealkylation sites (tertiary alicyclic amines) is 1. The molecule has 1 aromatic heterocycles. The highest BCUT2D eigenvalue weighted by molar-refractivity contribution is 5.98. The van der Waals surface area contributed by atoms with Gasteiger partial charge in [0.25, 0.3) is 11.8 Å². The first-order chi connectivity index (χ1) is 15.7. The van der Waals surface area contributed by atoms with E-state index in [0.29, 0.717) is 44.6 Å². The van der Waals surface area contributed by atoms with E-state index in [0.717, 1.165) is 25.1 Å². The van der Waals surface area contributed by atoms with Gasteiger partial charge < -0.3 is 15.1 Å². The Labute approximate surface area is 188 Å². The van der Waals surface area contributed by atoms with Crippen LogP contribution in [0.3, 0.4) is 0 Å². The van der Waals surface area contributed by atoms with Crippen LogP contribution in [0.25, 0.3) is 0 Å². The van der Waals surface area contributed by atoms with E-state index in [1.54, 1.807) is 4.90 Å². The summed E-state index contributed by atoms with van der Waals surface area (Å²) in [4.78, 5) is 40.2. The summed E-state index contributed by atoms with van der Waals surface area (Å²) in [6.45, 7) is 2.62. The van der Waals surface area contributed by atoms with Crippen molar-refractivity contribution in [3.8, 4) is 0 Å². The highest BCUT2D eigenvalue weighted by atomic mass is 19.4. The lowest BCUT2D eigenvalue weighted by atomic mass is 10.1. The van der Waals surface area contributed by atoms with Crippen LogP contribution in [-0.4, -0.2) is 63.5 Å². The van der Waals surface area contributed by atoms with Gasteiger partial charge in [-0.3, -0.25) is 19.1 Å². The van der Waals surface area contributed by atoms with E-state index in [2.05, 4.69) is 10.4 Å². The molecule has 4 rings (SSSR count). The number of rotatable bonds is 7. The fourth-order valence-electron chi connectivity index (χ4n) is 4.02. The van der Waals surface area contributed by atoms with E-state index in [4.69, 9.17) is 0 Å². The molecular formula is C22H24F3N5O3. The monoisotopic (exact) mass is 463 g/mol. The molecule has 11 heteroatoms. The first-order valence-corrected chi connectivity index (χ1v) is 10.8. The van der Waals surface area contributed by atoms with Crippen LogP contribution in [0, 0.1) is 0 Å². The van der Waals surface area contributed by atoms with Crippen molar-refractivity contribution < 1.29 is 27.6 Å². The maximum absolute atomic E-state index is 12.8. The van der Waals surface area contributed by atoms with Gasteiger partial charge in [-0.25, -0.2) is 0 Å². The quantitative estimate of drug-likeness (QED) is 0.639. The van der Waals surface area contributed by atoms with Crippen molar-refractivity contribution in [2.45, 2.75) is 38.5 Å². The summed E-state index contributed by atoms with van der Waals surface area (Å²) >= 11 is 0. The number of carbonyl (C=O) groups is 3. The molecule has 0 aliphatic carbocycles. The number of amides is 3. The molecule has 2 aliphatic heterocycles. The molecular weight excluding hydrogens is 439 g/mol. The van der Waals surface area contributed by atoms with Gasteiger partial charge >= 0.3 is 6.18 Å². The number of alkyl halides is 3. The van der Waals surface area contributed by atoms with Crippen LogP contribution in [0.1, 0.15) is 51.4 Å². The molecule has 0 atom stereocenters. The summed E-state index contributed by atoms with van der Waals surface area (Å²) < 4.78 is 39.7. The molecule has 3 amide bonds. The number of benzene rings is 1. The summed E-state index contributed by atoms with van der Waals surface area (Å²) in [5.74, 6) is -0.588. The van der Waals surface area contributed by atoms with Crippen molar-refractivity contribution in [1.82, 2.24) is 24.9 Å². The lowest BCUT2D eigenvalue weighted by Crippen LogP contribution is -2.39. The third-order valence-electron chi connectivity index (χ3n) is 5.82. The van der Waals surface area contributed by atoms with E-state index >= 15 is 0 Å². The van der Waals surface area contributed by atoms with Gasteiger partial charge in [-0.15, -0.1) is 0 Å². The largest absolute Gasteiger partial charge is 0.416 e. The summed E-state index contributed by atoms with van der Waals surface area (Å²) in [5.41, 5.74) is 0.240. The third-order valence-corrected chi connectivity index (χ3v) is 5.82. The number of nitrogens with one attached hydrogen (secondary N) is 1. The molecule has 1 fully saturated rings. The second kappa shape index (κ2) is 9.24. The number of halogens is 3. The SMILES string of the molecule is O=C(NCCCN1CCCC1=O)c1cc2n(n1)CCN(Cc1ccc(C(F)(F)F)cc1)C2=O. The van der Waals surface area contributed by atoms with Gasteiger partial charge in [0.2, 0.25) is 5.91 Å². The van der Waals surface area contributed by atoms with Gasteiger partial charge in [-0.05, 0) is 30.5 Å². The summed E-state index contributed by atoms with van der Waals surface area (Å²) in [7, 11) is 0. The molecule has 176 valence electrons. The smallest absolute Gasteiger partial charge is 0.351 e. The fraction of sp³-hybridized carbons (Fsp3) is 0.455. The van der Waals surface area contributed by atoms with Gasteiger partial charge in [0, 0.05) is 45.2 Å². The maximum Gasteiger partial charge on any atom is 0.416 e. The van der Waals surface area contributed by atoms with Gasteiger partial charge in [0.15, 0.2) is 5.69 Å². The molecule has 1 aromatic carbocycles. The average molecular weight is 463 g/mol. The average Bonchev–Trinajstić information content (AvgIpc) is 3.39. The number of carbonyl (C=O) groups excluding carboxylic acids is 3. The van der Waals surface area contributed by atoms with Crippen LogP contribution in [0.2, 0.25) is 0 Å². The number of fused-ring (bicyclic) bond motifs is 1. The molecule has 3 heterocycles. The fourth-order valence-corrected chi connectivity index (χ4v) is 4.02.